The zero-order chi connectivity index (χ0) is 90.3. The smallest absolute Gasteiger partial charge is 0.264 e. The summed E-state index contributed by atoms with van der Waals surface area (Å²) in [5.41, 5.74) is 17.5. The lowest BCUT2D eigenvalue weighted by atomic mass is 10.0. The van der Waals surface area contributed by atoms with Crippen LogP contribution < -0.4 is 69.1 Å². The fourth-order valence-electron chi connectivity index (χ4n) is 14.1. The van der Waals surface area contributed by atoms with Crippen LogP contribution in [0.15, 0.2) is 287 Å². The van der Waals surface area contributed by atoms with Crippen LogP contribution >= 0.6 is 23.2 Å². The number of hydrogen-bond acceptors (Lipinski definition) is 21. The van der Waals surface area contributed by atoms with Crippen molar-refractivity contribution in [2.45, 2.75) is 0 Å². The molecule has 7 aromatic heterocycles. The van der Waals surface area contributed by atoms with Crippen molar-refractivity contribution in [2.75, 3.05) is 103 Å². The molecule has 0 atom stereocenters. The largest absolute Gasteiger partial charge is 0.482 e. The van der Waals surface area contributed by atoms with Gasteiger partial charge in [0.15, 0.2) is 57.7 Å². The number of hydrogen-bond donors (Lipinski definition) is 4. The van der Waals surface area contributed by atoms with Crippen LogP contribution in [0, 0.1) is 11.6 Å². The Kier molecular flexibility index (Phi) is 26.6. The van der Waals surface area contributed by atoms with Crippen LogP contribution in [0.4, 0.5) is 48.6 Å². The number of pyridine rings is 7. The SMILES string of the molecule is CN1C(=O)COc2c1ccc(-c1cccnc1)c2Cl.CN1C(=O)COc2cc(-c3cccnc3)ccc21.CN1C(=O)COc2cc(-c3cncc(F)c3)ccc21.O=C1COc2c(ccc(-c3cccnc3)c2Cl)N1.O=C1COc2cc(-c3cccnc3)ccc2N1.O=C1COc2cc(-c3cncc(F)c3)ccc2N1.O=C1COc2cc(-c3cncc4ccccc34)ccc2N1. The van der Waals surface area contributed by atoms with Gasteiger partial charge in [-0.05, 0) is 142 Å². The molecule has 0 unspecified atom stereocenters. The van der Waals surface area contributed by atoms with Gasteiger partial charge < -0.3 is 69.1 Å². The van der Waals surface area contributed by atoms with Crippen molar-refractivity contribution in [1.29, 1.82) is 0 Å². The zero-order valence-electron chi connectivity index (χ0n) is 69.3. The molecular weight excluding hydrogens is 1710 g/mol. The van der Waals surface area contributed by atoms with E-state index in [2.05, 4.69) is 62.2 Å². The van der Waals surface area contributed by atoms with Crippen LogP contribution in [0.1, 0.15) is 0 Å². The number of amides is 7. The number of aromatic nitrogens is 7. The van der Waals surface area contributed by atoms with E-state index in [4.69, 9.17) is 56.4 Å². The third kappa shape index (κ3) is 20.3. The van der Waals surface area contributed by atoms with E-state index in [0.717, 1.165) is 101 Å². The molecule has 0 saturated carbocycles. The third-order valence-corrected chi connectivity index (χ3v) is 21.5. The Hall–Kier alpha value is -16.6. The molecule has 15 aromatic rings. The van der Waals surface area contributed by atoms with E-state index in [9.17, 15) is 42.3 Å². The number of rotatable bonds is 7. The maximum atomic E-state index is 13.2. The van der Waals surface area contributed by atoms with Gasteiger partial charge in [-0.1, -0.05) is 114 Å². The number of nitrogens with one attached hydrogen (secondary N) is 4. The first kappa shape index (κ1) is 86.9. The molecule has 648 valence electrons. The molecular formula is C98H74Cl2F2N14O14. The highest BCUT2D eigenvalue weighted by atomic mass is 35.5. The van der Waals surface area contributed by atoms with E-state index >= 15 is 0 Å². The molecule has 22 rings (SSSR count). The normalized spacial score (nSPS) is 13.7. The Morgan fingerprint density at radius 2 is 0.631 bits per heavy atom. The maximum Gasteiger partial charge on any atom is 0.264 e. The van der Waals surface area contributed by atoms with E-state index < -0.39 is 0 Å². The minimum absolute atomic E-state index is 0.00213. The summed E-state index contributed by atoms with van der Waals surface area (Å²) in [6.07, 6.45) is 23.1. The first-order valence-electron chi connectivity index (χ1n) is 40.1. The Balaban J connectivity index is 0.000000111. The molecule has 0 spiro atoms. The van der Waals surface area contributed by atoms with Gasteiger partial charge in [0.05, 0.1) is 62.3 Å². The summed E-state index contributed by atoms with van der Waals surface area (Å²) in [4.78, 5) is 112. The summed E-state index contributed by atoms with van der Waals surface area (Å²) in [5, 5.41) is 14.2. The van der Waals surface area contributed by atoms with Crippen LogP contribution in [-0.4, -0.2) is 144 Å². The summed E-state index contributed by atoms with van der Waals surface area (Å²) < 4.78 is 64.1. The highest BCUT2D eigenvalue weighted by Crippen LogP contribution is 2.46. The number of ether oxygens (including phenoxy) is 7. The lowest BCUT2D eigenvalue weighted by Gasteiger charge is -2.27. The molecule has 28 nitrogen and oxygen atoms in total. The van der Waals surface area contributed by atoms with Gasteiger partial charge in [0.25, 0.3) is 41.4 Å². The van der Waals surface area contributed by atoms with Gasteiger partial charge in [0, 0.05) is 151 Å². The van der Waals surface area contributed by atoms with E-state index in [0.29, 0.717) is 89.8 Å². The molecule has 32 heteroatoms. The second-order valence-corrected chi connectivity index (χ2v) is 30.1. The number of fused-ring (bicyclic) bond motifs is 8. The average Bonchev–Trinajstić information content (AvgIpc) is 0.763. The Labute approximate surface area is 751 Å². The van der Waals surface area contributed by atoms with E-state index in [-0.39, 0.29) is 99.2 Å². The predicted molar refractivity (Wildman–Crippen MR) is 488 cm³/mol. The van der Waals surface area contributed by atoms with Crippen LogP contribution in [0.3, 0.4) is 0 Å². The van der Waals surface area contributed by atoms with Crippen LogP contribution in [0.25, 0.3) is 88.7 Å². The molecule has 0 aliphatic carbocycles. The fourth-order valence-corrected chi connectivity index (χ4v) is 14.8. The summed E-state index contributed by atoms with van der Waals surface area (Å²) >= 11 is 12.7. The Morgan fingerprint density at radius 1 is 0.285 bits per heavy atom. The second-order valence-electron chi connectivity index (χ2n) is 29.3. The number of anilines is 7. The minimum Gasteiger partial charge on any atom is -0.482 e. The zero-order valence-corrected chi connectivity index (χ0v) is 70.8. The van der Waals surface area contributed by atoms with Gasteiger partial charge in [0.2, 0.25) is 0 Å². The van der Waals surface area contributed by atoms with Gasteiger partial charge >= 0.3 is 0 Å². The van der Waals surface area contributed by atoms with Gasteiger partial charge in [-0.2, -0.15) is 0 Å². The summed E-state index contributed by atoms with van der Waals surface area (Å²) in [6, 6.07) is 61.5. The van der Waals surface area contributed by atoms with Crippen molar-refractivity contribution in [3.05, 3.63) is 309 Å². The average molecular weight is 1780 g/mol. The molecule has 14 heterocycles. The Morgan fingerprint density at radius 3 is 1.10 bits per heavy atom. The minimum atomic E-state index is -0.389. The molecule has 7 aliphatic rings. The number of carbonyl (C=O) groups excluding carboxylic acids is 7. The van der Waals surface area contributed by atoms with Crippen molar-refractivity contribution >= 4 is 115 Å². The standard InChI is InChI=1S/C17H12N2O2.C14H11ClN2O2.C14H11FN2O2.C14H12N2O2.C13H9ClN2O2.C13H9FN2O2.C13H10N2O2/c20-17-10-21-16-7-11(5-6-15(16)19-17)14-9-18-8-12-3-1-2-4-13(12)14;1-17-11-5-4-10(9-3-2-6-16-7-9)13(15)14(11)19-8-12(17)18;1-17-12-3-2-9(5-13(12)19-8-14(17)18)10-4-11(15)7-16-6-10;1-16-12-5-4-10(11-3-2-6-15-8-11)7-13(12)18-9-14(16)17;14-12-9(8-2-1-5-15-6-8)3-4-10-13(12)18-7-11(17)16-10;14-10-3-9(5-15-6-10)8-1-2-11-12(4-8)18-7-13(17)16-11;16-13-8-17-12-6-9(3-4-11(12)15-13)10-2-1-5-14-7-10/h1-9H,10H2,(H,19,20);2*2-7H,8H2,1H3;2-8H,9H2,1H3;2*1-6H,7H2,(H,16,17);1-7H,8H2,(H,15,16). The number of halogens is 4. The monoisotopic (exact) mass is 1780 g/mol. The highest BCUT2D eigenvalue weighted by Gasteiger charge is 2.29. The first-order valence-corrected chi connectivity index (χ1v) is 40.9. The Bertz CT molecular complexity index is 6840. The van der Waals surface area contributed by atoms with Crippen molar-refractivity contribution < 1.29 is 75.5 Å². The van der Waals surface area contributed by atoms with Crippen molar-refractivity contribution in [3.8, 4) is 118 Å². The van der Waals surface area contributed by atoms with Crippen molar-refractivity contribution in [3.63, 3.8) is 0 Å². The van der Waals surface area contributed by atoms with Crippen LogP contribution in [0.2, 0.25) is 10.0 Å². The second kappa shape index (κ2) is 39.7. The summed E-state index contributed by atoms with van der Waals surface area (Å²) in [7, 11) is 5.17. The van der Waals surface area contributed by atoms with E-state index in [1.165, 1.54) is 12.1 Å². The quantitative estimate of drug-likeness (QED) is 0.115. The van der Waals surface area contributed by atoms with Gasteiger partial charge in [0.1, 0.15) is 40.4 Å². The molecule has 0 bridgehead atoms. The molecule has 4 N–H and O–H groups in total. The highest BCUT2D eigenvalue weighted by molar-refractivity contribution is 6.36. The fraction of sp³-hybridized carbons (Fsp3) is 0.102. The third-order valence-electron chi connectivity index (χ3n) is 20.8. The molecule has 0 saturated heterocycles. The number of likely N-dealkylation sites (N-methyl/N-ethyl adjacent to an activating group) is 3. The van der Waals surface area contributed by atoms with Crippen LogP contribution in [0.5, 0.6) is 40.2 Å². The first-order chi connectivity index (χ1) is 63.2. The molecule has 8 aromatic carbocycles. The molecule has 7 amide bonds. The van der Waals surface area contributed by atoms with Crippen LogP contribution in [-0.2, 0) is 33.6 Å². The van der Waals surface area contributed by atoms with Gasteiger partial charge in [-0.3, -0.25) is 68.4 Å². The summed E-state index contributed by atoms with van der Waals surface area (Å²) in [5.74, 6) is 2.81. The summed E-state index contributed by atoms with van der Waals surface area (Å²) in [6.45, 7) is 0.253. The van der Waals surface area contributed by atoms with E-state index in [1.807, 2.05) is 158 Å². The maximum absolute atomic E-state index is 13.2. The van der Waals surface area contributed by atoms with E-state index in [1.54, 1.807) is 134 Å². The topological polar surface area (TPSA) is 332 Å². The van der Waals surface area contributed by atoms with Gasteiger partial charge in [-0.25, -0.2) is 8.78 Å². The lowest BCUT2D eigenvalue weighted by Crippen LogP contribution is -2.35. The molecule has 130 heavy (non-hydrogen) atoms. The predicted octanol–water partition coefficient (Wildman–Crippen LogP) is 17.4. The van der Waals surface area contributed by atoms with Crippen molar-refractivity contribution in [2.24, 2.45) is 0 Å². The number of nitrogens with zero attached hydrogens (tertiary/aromatic N) is 10. The number of benzene rings is 8. The molecule has 0 radical (unpaired) electrons. The van der Waals surface area contributed by atoms with Crippen molar-refractivity contribution in [1.82, 2.24) is 34.9 Å². The lowest BCUT2D eigenvalue weighted by molar-refractivity contribution is -0.121. The molecule has 7 aliphatic heterocycles. The van der Waals surface area contributed by atoms with Gasteiger partial charge in [-0.15, -0.1) is 0 Å². The molecule has 0 fully saturated rings. The number of carbonyl (C=O) groups is 7.